The van der Waals surface area contributed by atoms with Crippen molar-refractivity contribution in [3.8, 4) is 0 Å². The van der Waals surface area contributed by atoms with Gasteiger partial charge in [0.15, 0.2) is 0 Å². The molecule has 6 nitrogen and oxygen atoms in total. The monoisotopic (exact) mass is 490 g/mol. The molecule has 0 radical (unpaired) electrons. The smallest absolute Gasteiger partial charge is 0.423 e. The highest BCUT2D eigenvalue weighted by Crippen LogP contribution is 2.35. The Morgan fingerprint density at radius 3 is 1.87 bits per heavy atom. The van der Waals surface area contributed by atoms with Crippen LogP contribution in [-0.4, -0.2) is 37.4 Å². The number of hydrogen-bond acceptors (Lipinski definition) is 6. The molecule has 2 aromatic carbocycles. The number of halogens is 4. The van der Waals surface area contributed by atoms with Crippen LogP contribution in [0.2, 0.25) is 20.1 Å². The minimum atomic E-state index is -0.984. The molecule has 0 unspecified atom stereocenters. The molecule has 0 amide bonds. The van der Waals surface area contributed by atoms with E-state index >= 15 is 0 Å². The number of hydrogen-bond donors (Lipinski definition) is 3. The van der Waals surface area contributed by atoms with Crippen LogP contribution in [0, 0.1) is 0 Å². The first-order chi connectivity index (χ1) is 14.2. The second-order valence-corrected chi connectivity index (χ2v) is 8.32. The lowest BCUT2D eigenvalue weighted by Gasteiger charge is -2.25. The van der Waals surface area contributed by atoms with Crippen molar-refractivity contribution >= 4 is 82.9 Å². The van der Waals surface area contributed by atoms with E-state index in [1.807, 2.05) is 19.9 Å². The summed E-state index contributed by atoms with van der Waals surface area (Å²) in [4.78, 5) is 2.07. The molecule has 0 spiro atoms. The fraction of sp³-hybridized carbons (Fsp3) is 0.333. The van der Waals surface area contributed by atoms with Crippen LogP contribution in [0.15, 0.2) is 12.1 Å². The van der Waals surface area contributed by atoms with Gasteiger partial charge in [-0.1, -0.05) is 46.4 Å². The third-order valence-corrected chi connectivity index (χ3v) is 6.45. The van der Waals surface area contributed by atoms with Crippen LogP contribution in [0.25, 0.3) is 0 Å². The van der Waals surface area contributed by atoms with Gasteiger partial charge in [-0.2, -0.15) is 0 Å². The molecule has 4 rings (SSSR count). The number of fused-ring (bicyclic) bond motifs is 2. The number of benzene rings is 2. The highest BCUT2D eigenvalue weighted by atomic mass is 35.5. The molecule has 12 heteroatoms. The first-order valence-electron chi connectivity index (χ1n) is 9.32. The molecular weight excluding hydrogens is 472 g/mol. The van der Waals surface area contributed by atoms with E-state index in [4.69, 9.17) is 61.4 Å². The first-order valence-corrected chi connectivity index (χ1v) is 10.8. The summed E-state index contributed by atoms with van der Waals surface area (Å²) < 4.78 is 10.1. The van der Waals surface area contributed by atoms with Crippen molar-refractivity contribution in [3.05, 3.63) is 43.4 Å². The average molecular weight is 492 g/mol. The normalized spacial score (nSPS) is 14.4. The Balaban J connectivity index is 0.000000177. The van der Waals surface area contributed by atoms with Crippen molar-refractivity contribution < 1.29 is 19.4 Å². The van der Waals surface area contributed by atoms with Crippen molar-refractivity contribution in [2.24, 2.45) is 0 Å². The maximum atomic E-state index is 9.74. The van der Waals surface area contributed by atoms with Gasteiger partial charge in [0.05, 0.1) is 44.7 Å². The minimum Gasteiger partial charge on any atom is -0.423 e. The van der Waals surface area contributed by atoms with Crippen molar-refractivity contribution in [1.82, 2.24) is 0 Å². The highest BCUT2D eigenvalue weighted by molar-refractivity contribution is 6.67. The number of rotatable bonds is 3. The molecule has 2 aliphatic heterocycles. The number of nitrogens with two attached hydrogens (primary N) is 1. The second kappa shape index (κ2) is 9.76. The number of anilines is 2. The molecule has 2 heterocycles. The summed E-state index contributed by atoms with van der Waals surface area (Å²) in [5.41, 5.74) is 9.48. The largest absolute Gasteiger partial charge is 0.493 e. The molecule has 2 aromatic rings. The summed E-state index contributed by atoms with van der Waals surface area (Å²) in [5, 5.41) is 20.9. The molecule has 0 saturated carbocycles. The van der Waals surface area contributed by atoms with E-state index in [9.17, 15) is 10.0 Å². The molecule has 0 bridgehead atoms. The molecule has 0 aromatic heterocycles. The van der Waals surface area contributed by atoms with Crippen LogP contribution < -0.4 is 21.6 Å². The maximum absolute atomic E-state index is 9.74. The summed E-state index contributed by atoms with van der Waals surface area (Å²) >= 11 is 24.3. The topological polar surface area (TPSA) is 88.2 Å². The van der Waals surface area contributed by atoms with Gasteiger partial charge in [-0.3, -0.25) is 0 Å². The Morgan fingerprint density at radius 1 is 0.900 bits per heavy atom. The average Bonchev–Trinajstić information content (AvgIpc) is 3.26. The van der Waals surface area contributed by atoms with E-state index in [1.165, 1.54) is 0 Å². The van der Waals surface area contributed by atoms with Gasteiger partial charge in [-0.05, 0) is 37.1 Å². The molecule has 2 aliphatic rings. The van der Waals surface area contributed by atoms with Crippen LogP contribution in [-0.2, 0) is 22.5 Å². The minimum absolute atomic E-state index is 0.284. The lowest BCUT2D eigenvalue weighted by Crippen LogP contribution is -2.32. The quantitative estimate of drug-likeness (QED) is 0.452. The Hall–Kier alpha value is -0.830. The zero-order valence-corrected chi connectivity index (χ0v) is 19.4. The molecular formula is C18H20B2Cl4N2O4. The van der Waals surface area contributed by atoms with E-state index in [0.29, 0.717) is 39.2 Å². The number of nitrogen functional groups attached to an aromatic ring is 1. The molecule has 0 saturated heterocycles. The van der Waals surface area contributed by atoms with Crippen LogP contribution >= 0.6 is 46.4 Å². The number of nitrogens with zero attached hydrogens (tertiary/aromatic N) is 1. The van der Waals surface area contributed by atoms with Crippen molar-refractivity contribution in [2.45, 2.75) is 27.1 Å². The molecule has 30 heavy (non-hydrogen) atoms. The predicted molar refractivity (Wildman–Crippen MR) is 126 cm³/mol. The van der Waals surface area contributed by atoms with Gasteiger partial charge in [0, 0.05) is 24.0 Å². The summed E-state index contributed by atoms with van der Waals surface area (Å²) in [5.74, 6) is 0. The summed E-state index contributed by atoms with van der Waals surface area (Å²) in [6.45, 7) is 6.37. The van der Waals surface area contributed by atoms with Crippen molar-refractivity contribution in [2.75, 3.05) is 23.7 Å². The molecule has 0 fully saturated rings. The van der Waals surface area contributed by atoms with E-state index in [1.54, 1.807) is 6.07 Å². The Kier molecular flexibility index (Phi) is 7.75. The summed E-state index contributed by atoms with van der Waals surface area (Å²) in [6.07, 6.45) is 0. The zero-order chi connectivity index (χ0) is 22.2. The Morgan fingerprint density at radius 2 is 1.37 bits per heavy atom. The lowest BCUT2D eigenvalue weighted by molar-refractivity contribution is 0.275. The van der Waals surface area contributed by atoms with Gasteiger partial charge in [0.2, 0.25) is 0 Å². The van der Waals surface area contributed by atoms with E-state index in [-0.39, 0.29) is 10.7 Å². The zero-order valence-electron chi connectivity index (χ0n) is 16.4. The molecule has 0 aliphatic carbocycles. The van der Waals surface area contributed by atoms with E-state index in [0.717, 1.165) is 29.9 Å². The van der Waals surface area contributed by atoms with Gasteiger partial charge < -0.3 is 30.0 Å². The maximum Gasteiger partial charge on any atom is 0.493 e. The van der Waals surface area contributed by atoms with Gasteiger partial charge in [0.25, 0.3) is 0 Å². The van der Waals surface area contributed by atoms with Crippen LogP contribution in [0.3, 0.4) is 0 Å². The van der Waals surface area contributed by atoms with Gasteiger partial charge in [0.1, 0.15) is 0 Å². The van der Waals surface area contributed by atoms with Crippen molar-refractivity contribution in [3.63, 3.8) is 0 Å². The van der Waals surface area contributed by atoms with Crippen LogP contribution in [0.4, 0.5) is 11.4 Å². The fourth-order valence-electron chi connectivity index (χ4n) is 3.48. The van der Waals surface area contributed by atoms with Crippen molar-refractivity contribution in [1.29, 1.82) is 0 Å². The van der Waals surface area contributed by atoms with E-state index < -0.39 is 14.2 Å². The van der Waals surface area contributed by atoms with Gasteiger partial charge in [-0.15, -0.1) is 0 Å². The molecule has 4 N–H and O–H groups in total. The second-order valence-electron chi connectivity index (χ2n) is 6.75. The van der Waals surface area contributed by atoms with E-state index in [2.05, 4.69) is 4.90 Å². The Labute approximate surface area is 196 Å². The fourth-order valence-corrected chi connectivity index (χ4v) is 4.90. The third kappa shape index (κ3) is 4.38. The SMILES string of the molecule is CCN(CC)c1c(Cl)cc2c(c1Cl)B(O)OC2.Nc1c(Cl)cc2c(c1Cl)B(O)OC2. The van der Waals surface area contributed by atoms with Gasteiger partial charge >= 0.3 is 14.2 Å². The van der Waals surface area contributed by atoms with Crippen LogP contribution in [0.5, 0.6) is 0 Å². The highest BCUT2D eigenvalue weighted by Gasteiger charge is 2.33. The molecule has 160 valence electrons. The summed E-state index contributed by atoms with van der Waals surface area (Å²) in [7, 11) is -1.92. The first kappa shape index (κ1) is 23.8. The van der Waals surface area contributed by atoms with Crippen LogP contribution in [0.1, 0.15) is 25.0 Å². The predicted octanol–water partition coefficient (Wildman–Crippen LogP) is 2.85. The Bertz CT molecular complexity index is 963. The lowest BCUT2D eigenvalue weighted by atomic mass is 9.79. The summed E-state index contributed by atoms with van der Waals surface area (Å²) in [6, 6.07) is 3.49. The molecule has 0 atom stereocenters. The van der Waals surface area contributed by atoms with Gasteiger partial charge in [-0.25, -0.2) is 0 Å². The standard InChI is InChI=1S/C11H14BCl2NO2.C7H6BCl2NO2/c1-3-15(4-2)11-8(13)5-7-6-17-12(16)9(7)10(11)14;9-4-1-3-2-13-8(12)5(3)6(10)7(4)11/h5,16H,3-4,6H2,1-2H3;1,12H,2,11H2. The third-order valence-electron chi connectivity index (χ3n) is 5.06.